The summed E-state index contributed by atoms with van der Waals surface area (Å²) in [4.78, 5) is 0. The van der Waals surface area contributed by atoms with Gasteiger partial charge in [0.2, 0.25) is 0 Å². The summed E-state index contributed by atoms with van der Waals surface area (Å²) in [5.41, 5.74) is -0.121. The van der Waals surface area contributed by atoms with E-state index in [2.05, 4.69) is 22.4 Å². The van der Waals surface area contributed by atoms with E-state index in [0.29, 0.717) is 6.42 Å². The summed E-state index contributed by atoms with van der Waals surface area (Å²) < 4.78 is 40.8. The third-order valence-electron chi connectivity index (χ3n) is 5.12. The summed E-state index contributed by atoms with van der Waals surface area (Å²) >= 11 is 0. The molecule has 0 amide bonds. The van der Waals surface area contributed by atoms with Crippen molar-refractivity contribution in [3.8, 4) is 0 Å². The van der Waals surface area contributed by atoms with E-state index in [1.165, 1.54) is 0 Å². The van der Waals surface area contributed by atoms with Crippen molar-refractivity contribution in [3.05, 3.63) is 11.6 Å². The van der Waals surface area contributed by atoms with Gasteiger partial charge < -0.3 is 9.88 Å². The number of rotatable bonds is 2. The molecule has 118 valence electrons. The second-order valence-corrected chi connectivity index (χ2v) is 6.21. The quantitative estimate of drug-likeness (QED) is 0.912. The summed E-state index contributed by atoms with van der Waals surface area (Å²) in [5.74, 6) is 0.225. The van der Waals surface area contributed by atoms with Crippen LogP contribution in [0, 0.1) is 5.92 Å². The Morgan fingerprint density at radius 1 is 1.29 bits per heavy atom. The van der Waals surface area contributed by atoms with Crippen LogP contribution < -0.4 is 5.32 Å². The summed E-state index contributed by atoms with van der Waals surface area (Å²) in [7, 11) is 0. The van der Waals surface area contributed by atoms with Crippen LogP contribution in [0.25, 0.3) is 0 Å². The van der Waals surface area contributed by atoms with Crippen molar-refractivity contribution in [2.24, 2.45) is 5.92 Å². The highest BCUT2D eigenvalue weighted by Crippen LogP contribution is 2.40. The van der Waals surface area contributed by atoms with Crippen molar-refractivity contribution in [2.45, 2.75) is 57.2 Å². The number of hydrogen-bond acceptors (Lipinski definition) is 3. The molecule has 2 aliphatic rings. The van der Waals surface area contributed by atoms with Crippen molar-refractivity contribution in [1.29, 1.82) is 0 Å². The van der Waals surface area contributed by atoms with Crippen LogP contribution in [-0.2, 0) is 18.4 Å². The van der Waals surface area contributed by atoms with E-state index in [1.54, 1.807) is 4.57 Å². The molecule has 21 heavy (non-hydrogen) atoms. The number of piperidine rings is 1. The molecule has 1 aromatic heterocycles. The summed E-state index contributed by atoms with van der Waals surface area (Å²) in [6.07, 6.45) is -0.912. The van der Waals surface area contributed by atoms with Crippen molar-refractivity contribution in [3.63, 3.8) is 0 Å². The van der Waals surface area contributed by atoms with Crippen LogP contribution in [0.2, 0.25) is 0 Å². The third kappa shape index (κ3) is 2.56. The Kier molecular flexibility index (Phi) is 3.71. The normalized spacial score (nSPS) is 25.6. The lowest BCUT2D eigenvalue weighted by Crippen LogP contribution is -2.42. The van der Waals surface area contributed by atoms with Crippen LogP contribution in [0.5, 0.6) is 0 Å². The predicted molar refractivity (Wildman–Crippen MR) is 72.0 cm³/mol. The molecule has 1 atom stereocenters. The number of alkyl halides is 3. The van der Waals surface area contributed by atoms with E-state index in [-0.39, 0.29) is 18.4 Å². The average Bonchev–Trinajstić information content (AvgIpc) is 2.90. The molecule has 1 unspecified atom stereocenters. The van der Waals surface area contributed by atoms with Gasteiger partial charge >= 0.3 is 6.18 Å². The third-order valence-corrected chi connectivity index (χ3v) is 5.12. The van der Waals surface area contributed by atoms with Crippen LogP contribution >= 0.6 is 0 Å². The molecule has 0 aliphatic carbocycles. The fourth-order valence-corrected chi connectivity index (χ4v) is 3.63. The Morgan fingerprint density at radius 2 is 2.00 bits per heavy atom. The van der Waals surface area contributed by atoms with Crippen LogP contribution in [0.3, 0.4) is 0 Å². The molecular weight excluding hydrogens is 281 g/mol. The molecule has 4 nitrogen and oxygen atoms in total. The Hall–Kier alpha value is -1.11. The molecule has 7 heteroatoms. The van der Waals surface area contributed by atoms with E-state index in [0.717, 1.165) is 44.0 Å². The van der Waals surface area contributed by atoms with Gasteiger partial charge in [-0.2, -0.15) is 13.2 Å². The maximum Gasteiger partial charge on any atom is 0.393 e. The van der Waals surface area contributed by atoms with Gasteiger partial charge in [-0.15, -0.1) is 10.2 Å². The molecule has 2 aliphatic heterocycles. The van der Waals surface area contributed by atoms with Gasteiger partial charge in [-0.05, 0) is 38.8 Å². The molecular formula is C14H21F3N4. The van der Waals surface area contributed by atoms with Crippen LogP contribution in [0.4, 0.5) is 13.2 Å². The van der Waals surface area contributed by atoms with E-state index < -0.39 is 12.1 Å². The highest BCUT2D eigenvalue weighted by Gasteiger charge is 2.44. The molecule has 0 spiro atoms. The van der Waals surface area contributed by atoms with Crippen molar-refractivity contribution >= 4 is 0 Å². The monoisotopic (exact) mass is 302 g/mol. The minimum Gasteiger partial charge on any atom is -0.317 e. The average molecular weight is 302 g/mol. The summed E-state index contributed by atoms with van der Waals surface area (Å²) in [6, 6.07) is 0. The molecule has 0 saturated carbocycles. The number of halogens is 3. The first kappa shape index (κ1) is 14.8. The van der Waals surface area contributed by atoms with Gasteiger partial charge in [0.1, 0.15) is 11.6 Å². The SMILES string of the molecule is CCC1(c2nnc3n2CC(C(F)(F)F)CC3)CCNCC1. The zero-order chi connectivity index (χ0) is 15.1. The first-order valence-corrected chi connectivity index (χ1v) is 7.66. The van der Waals surface area contributed by atoms with Gasteiger partial charge in [-0.3, -0.25) is 0 Å². The van der Waals surface area contributed by atoms with Crippen LogP contribution in [-0.4, -0.2) is 34.0 Å². The molecule has 0 aromatic carbocycles. The van der Waals surface area contributed by atoms with Crippen molar-refractivity contribution in [2.75, 3.05) is 13.1 Å². The Labute approximate surface area is 122 Å². The molecule has 0 bridgehead atoms. The number of nitrogens with zero attached hydrogens (tertiary/aromatic N) is 3. The Bertz CT molecular complexity index is 503. The lowest BCUT2D eigenvalue weighted by atomic mass is 9.75. The van der Waals surface area contributed by atoms with E-state index >= 15 is 0 Å². The molecule has 1 fully saturated rings. The molecule has 1 saturated heterocycles. The summed E-state index contributed by atoms with van der Waals surface area (Å²) in [6.45, 7) is 3.85. The van der Waals surface area contributed by atoms with Crippen molar-refractivity contribution in [1.82, 2.24) is 20.1 Å². The van der Waals surface area contributed by atoms with Gasteiger partial charge in [0.25, 0.3) is 0 Å². The fraction of sp³-hybridized carbons (Fsp3) is 0.857. The van der Waals surface area contributed by atoms with Gasteiger partial charge in [-0.1, -0.05) is 6.92 Å². The van der Waals surface area contributed by atoms with Gasteiger partial charge in [-0.25, -0.2) is 0 Å². The smallest absolute Gasteiger partial charge is 0.317 e. The summed E-state index contributed by atoms with van der Waals surface area (Å²) in [5, 5.41) is 11.8. The van der Waals surface area contributed by atoms with E-state index in [1.807, 2.05) is 0 Å². The highest BCUT2D eigenvalue weighted by atomic mass is 19.4. The number of aryl methyl sites for hydroxylation is 1. The highest BCUT2D eigenvalue weighted by molar-refractivity contribution is 5.14. The second-order valence-electron chi connectivity index (χ2n) is 6.21. The van der Waals surface area contributed by atoms with E-state index in [9.17, 15) is 13.2 Å². The minimum absolute atomic E-state index is 0.0175. The van der Waals surface area contributed by atoms with Gasteiger partial charge in [0.05, 0.1) is 5.92 Å². The second kappa shape index (κ2) is 5.26. The zero-order valence-electron chi connectivity index (χ0n) is 12.2. The molecule has 1 aromatic rings. The number of aromatic nitrogens is 3. The Morgan fingerprint density at radius 3 is 2.62 bits per heavy atom. The van der Waals surface area contributed by atoms with Gasteiger partial charge in [0, 0.05) is 18.4 Å². The maximum absolute atomic E-state index is 13.0. The standard InChI is InChI=1S/C14H21F3N4/c1-2-13(5-7-18-8-6-13)12-20-19-11-4-3-10(9-21(11)12)14(15,16)17/h10,18H,2-9H2,1H3. The Balaban J connectivity index is 1.94. The number of nitrogens with one attached hydrogen (secondary N) is 1. The fourth-order valence-electron chi connectivity index (χ4n) is 3.63. The van der Waals surface area contributed by atoms with Crippen LogP contribution in [0.15, 0.2) is 0 Å². The van der Waals surface area contributed by atoms with Gasteiger partial charge in [0.15, 0.2) is 0 Å². The van der Waals surface area contributed by atoms with E-state index in [4.69, 9.17) is 0 Å². The maximum atomic E-state index is 13.0. The zero-order valence-corrected chi connectivity index (χ0v) is 12.2. The molecule has 3 heterocycles. The molecule has 3 rings (SSSR count). The number of hydrogen-bond donors (Lipinski definition) is 1. The first-order valence-electron chi connectivity index (χ1n) is 7.66. The van der Waals surface area contributed by atoms with Crippen LogP contribution in [0.1, 0.15) is 44.3 Å². The largest absolute Gasteiger partial charge is 0.393 e. The molecule has 0 radical (unpaired) electrons. The molecule has 1 N–H and O–H groups in total. The number of fused-ring (bicyclic) bond motifs is 1. The lowest BCUT2D eigenvalue weighted by molar-refractivity contribution is -0.182. The minimum atomic E-state index is -4.13. The first-order chi connectivity index (χ1) is 9.96. The predicted octanol–water partition coefficient (Wildman–Crippen LogP) is 2.43. The topological polar surface area (TPSA) is 42.7 Å². The lowest BCUT2D eigenvalue weighted by Gasteiger charge is -2.37. The van der Waals surface area contributed by atoms with Crippen molar-refractivity contribution < 1.29 is 13.2 Å².